The van der Waals surface area contributed by atoms with Crippen molar-refractivity contribution in [1.82, 2.24) is 4.98 Å². The third-order valence-corrected chi connectivity index (χ3v) is 3.39. The molecule has 0 bridgehead atoms. The molecule has 1 heterocycles. The number of nitrogens with two attached hydrogens (primary N) is 1. The number of amides is 1. The number of quaternary nitrogens is 1. The number of carbonyl (C=O) groups is 2. The monoisotopic (exact) mass is 333 g/mol. The number of nitrogens with zero attached hydrogens (tertiary/aromatic N) is 1. The summed E-state index contributed by atoms with van der Waals surface area (Å²) in [4.78, 5) is 27.3. The van der Waals surface area contributed by atoms with Gasteiger partial charge in [0.25, 0.3) is 0 Å². The van der Waals surface area contributed by atoms with E-state index in [0.717, 1.165) is 5.69 Å². The second-order valence-corrected chi connectivity index (χ2v) is 5.39. The molecule has 2 rings (SSSR count). The molecule has 0 spiro atoms. The summed E-state index contributed by atoms with van der Waals surface area (Å²) in [5, 5.41) is 15.8. The molecule has 0 fully saturated rings. The third-order valence-electron chi connectivity index (χ3n) is 3.15. The van der Waals surface area contributed by atoms with E-state index in [1.165, 1.54) is 5.32 Å². The lowest BCUT2D eigenvalue weighted by molar-refractivity contribution is -0.697. The molecule has 3 N–H and O–H groups in total. The van der Waals surface area contributed by atoms with E-state index in [-0.39, 0.29) is 6.42 Å². The van der Waals surface area contributed by atoms with Gasteiger partial charge in [0, 0.05) is 16.9 Å². The van der Waals surface area contributed by atoms with Crippen molar-refractivity contribution >= 4 is 29.2 Å². The van der Waals surface area contributed by atoms with Gasteiger partial charge in [-0.2, -0.15) is 0 Å². The maximum atomic E-state index is 12.0. The van der Waals surface area contributed by atoms with Gasteiger partial charge in [0.05, 0.1) is 18.1 Å². The summed E-state index contributed by atoms with van der Waals surface area (Å²) in [6, 6.07) is 11.0. The minimum atomic E-state index is -1.29. The predicted octanol–water partition coefficient (Wildman–Crippen LogP) is -0.0543. The Balaban J connectivity index is 1.91. The highest BCUT2D eigenvalue weighted by atomic mass is 35.5. The Morgan fingerprint density at radius 1 is 1.26 bits per heavy atom. The lowest BCUT2D eigenvalue weighted by atomic mass is 10.2. The van der Waals surface area contributed by atoms with E-state index >= 15 is 0 Å². The van der Waals surface area contributed by atoms with E-state index in [9.17, 15) is 14.7 Å². The van der Waals surface area contributed by atoms with Crippen molar-refractivity contribution in [2.24, 2.45) is 0 Å². The number of rotatable bonds is 7. The Bertz CT molecular complexity index is 679. The van der Waals surface area contributed by atoms with Gasteiger partial charge in [-0.15, -0.1) is 0 Å². The molecule has 1 aromatic heterocycles. The number of hydrogen-bond acceptors (Lipinski definition) is 4. The topological polar surface area (TPSA) is 98.7 Å². The number of nitrogens with one attached hydrogen (secondary N) is 1. The fraction of sp³-hybridized carbons (Fsp3) is 0.188. The number of carbonyl (C=O) groups excluding carboxylic acids is 2. The number of anilines is 1. The number of carboxylic acid groups (broad SMARTS) is 1. The molecule has 7 heteroatoms. The largest absolute Gasteiger partial charge is 0.544 e. The van der Waals surface area contributed by atoms with Crippen LogP contribution in [-0.4, -0.2) is 22.9 Å². The van der Waals surface area contributed by atoms with Crippen LogP contribution >= 0.6 is 11.6 Å². The lowest BCUT2D eigenvalue weighted by Gasteiger charge is -2.16. The number of aliphatic carboxylic acids is 1. The van der Waals surface area contributed by atoms with Crippen molar-refractivity contribution in [3.8, 4) is 0 Å². The molecule has 0 unspecified atom stereocenters. The smallest absolute Gasteiger partial charge is 0.230 e. The molecule has 0 aliphatic carbocycles. The highest BCUT2D eigenvalue weighted by molar-refractivity contribution is 6.30. The zero-order valence-electron chi connectivity index (χ0n) is 12.2. The van der Waals surface area contributed by atoms with Crippen LogP contribution in [0.3, 0.4) is 0 Å². The van der Waals surface area contributed by atoms with Gasteiger partial charge in [-0.1, -0.05) is 23.7 Å². The Hall–Kier alpha value is -2.44. The van der Waals surface area contributed by atoms with Crippen molar-refractivity contribution < 1.29 is 20.0 Å². The minimum absolute atomic E-state index is 0.207. The summed E-state index contributed by atoms with van der Waals surface area (Å²) in [7, 11) is 0. The first-order chi connectivity index (χ1) is 11.0. The van der Waals surface area contributed by atoms with Crippen LogP contribution in [0.25, 0.3) is 0 Å². The molecular formula is C16H16ClN3O3. The number of carboxylic acids is 1. The van der Waals surface area contributed by atoms with Gasteiger partial charge in [-0.05, 0) is 30.3 Å². The molecule has 1 atom stereocenters. The molecule has 2 aromatic rings. The van der Waals surface area contributed by atoms with Crippen molar-refractivity contribution in [2.45, 2.75) is 19.0 Å². The quantitative estimate of drug-likeness (QED) is 0.742. The van der Waals surface area contributed by atoms with E-state index in [0.29, 0.717) is 17.3 Å². The predicted molar refractivity (Wildman–Crippen MR) is 83.4 cm³/mol. The highest BCUT2D eigenvalue weighted by Gasteiger charge is 2.18. The molecule has 0 radical (unpaired) electrons. The summed E-state index contributed by atoms with van der Waals surface area (Å²) in [5.41, 5.74) is 1.25. The van der Waals surface area contributed by atoms with Gasteiger partial charge in [0.15, 0.2) is 0 Å². The number of hydrogen-bond donors (Lipinski definition) is 2. The molecule has 120 valence electrons. The Labute approximate surface area is 138 Å². The zero-order valence-corrected chi connectivity index (χ0v) is 13.0. The molecule has 23 heavy (non-hydrogen) atoms. The van der Waals surface area contributed by atoms with E-state index in [2.05, 4.69) is 10.3 Å². The average Bonchev–Trinajstić information content (AvgIpc) is 2.52. The highest BCUT2D eigenvalue weighted by Crippen LogP contribution is 2.15. The van der Waals surface area contributed by atoms with Crippen molar-refractivity contribution in [1.29, 1.82) is 0 Å². The molecule has 6 nitrogen and oxygen atoms in total. The SMILES string of the molecule is O=C(C[C@H]([NH2+]Cc1ccccn1)C(=O)[O-])Nc1cccc(Cl)c1. The lowest BCUT2D eigenvalue weighted by Crippen LogP contribution is -2.92. The average molecular weight is 334 g/mol. The molecule has 1 amide bonds. The standard InChI is InChI=1S/C16H16ClN3O3/c17-11-4-3-6-12(8-11)20-15(21)9-14(16(22)23)19-10-13-5-1-2-7-18-13/h1-8,14,19H,9-10H2,(H,20,21)(H,22,23)/t14-/m0/s1. The first-order valence-corrected chi connectivity index (χ1v) is 7.42. The molecule has 0 aliphatic heterocycles. The van der Waals surface area contributed by atoms with Crippen LogP contribution in [0.1, 0.15) is 12.1 Å². The third kappa shape index (κ3) is 5.69. The van der Waals surface area contributed by atoms with E-state index in [1.54, 1.807) is 42.6 Å². The second kappa shape index (κ2) is 8.26. The Morgan fingerprint density at radius 3 is 2.74 bits per heavy atom. The number of aromatic nitrogens is 1. The summed E-state index contributed by atoms with van der Waals surface area (Å²) < 4.78 is 0. The normalized spacial score (nSPS) is 11.7. The van der Waals surface area contributed by atoms with Crippen molar-refractivity contribution in [3.63, 3.8) is 0 Å². The van der Waals surface area contributed by atoms with E-state index in [4.69, 9.17) is 11.6 Å². The van der Waals surface area contributed by atoms with Crippen LogP contribution in [-0.2, 0) is 16.1 Å². The maximum Gasteiger partial charge on any atom is 0.230 e. The van der Waals surface area contributed by atoms with Crippen LogP contribution in [0.15, 0.2) is 48.7 Å². The number of halogens is 1. The number of pyridine rings is 1. The van der Waals surface area contributed by atoms with E-state index < -0.39 is 17.9 Å². The van der Waals surface area contributed by atoms with Gasteiger partial charge in [-0.3, -0.25) is 9.78 Å². The molecular weight excluding hydrogens is 318 g/mol. The van der Waals surface area contributed by atoms with Crippen LogP contribution < -0.4 is 15.7 Å². The van der Waals surface area contributed by atoms with Crippen molar-refractivity contribution in [2.75, 3.05) is 5.32 Å². The molecule has 0 aliphatic rings. The molecule has 0 saturated carbocycles. The van der Waals surface area contributed by atoms with Gasteiger partial charge in [0.1, 0.15) is 12.6 Å². The van der Waals surface area contributed by atoms with Crippen LogP contribution in [0.4, 0.5) is 5.69 Å². The first-order valence-electron chi connectivity index (χ1n) is 7.04. The van der Waals surface area contributed by atoms with Crippen molar-refractivity contribution in [3.05, 3.63) is 59.4 Å². The summed E-state index contributed by atoms with van der Waals surface area (Å²) >= 11 is 5.83. The summed E-state index contributed by atoms with van der Waals surface area (Å²) in [6.45, 7) is 0.351. The Kier molecular flexibility index (Phi) is 6.08. The molecule has 1 aromatic carbocycles. The minimum Gasteiger partial charge on any atom is -0.544 e. The van der Waals surface area contributed by atoms with Crippen LogP contribution in [0, 0.1) is 0 Å². The summed E-state index contributed by atoms with van der Waals surface area (Å²) in [5.74, 6) is -1.71. The van der Waals surface area contributed by atoms with Crippen LogP contribution in [0.5, 0.6) is 0 Å². The van der Waals surface area contributed by atoms with Gasteiger partial charge < -0.3 is 20.5 Å². The fourth-order valence-corrected chi connectivity index (χ4v) is 2.21. The van der Waals surface area contributed by atoms with Gasteiger partial charge >= 0.3 is 0 Å². The summed E-state index contributed by atoms with van der Waals surface area (Å²) in [6.07, 6.45) is 1.42. The van der Waals surface area contributed by atoms with Gasteiger partial charge in [0.2, 0.25) is 5.91 Å². The maximum absolute atomic E-state index is 12.0. The van der Waals surface area contributed by atoms with Gasteiger partial charge in [-0.25, -0.2) is 0 Å². The number of benzene rings is 1. The molecule has 0 saturated heterocycles. The fourth-order valence-electron chi connectivity index (χ4n) is 2.02. The Morgan fingerprint density at radius 2 is 2.09 bits per heavy atom. The second-order valence-electron chi connectivity index (χ2n) is 4.95. The van der Waals surface area contributed by atoms with E-state index in [1.807, 2.05) is 6.07 Å². The van der Waals surface area contributed by atoms with Crippen LogP contribution in [0.2, 0.25) is 5.02 Å². The first kappa shape index (κ1) is 16.9. The zero-order chi connectivity index (χ0) is 16.7.